The Kier molecular flexibility index (Phi) is 8.66. The molecule has 4 rings (SSSR count). The Labute approximate surface area is 218 Å². The van der Waals surface area contributed by atoms with Crippen molar-refractivity contribution in [2.24, 2.45) is 0 Å². The third-order valence-corrected chi connectivity index (χ3v) is 8.55. The molecular formula is C26H33N5O5S. The number of amides is 1. The van der Waals surface area contributed by atoms with Gasteiger partial charge in [-0.2, -0.15) is 9.57 Å². The second-order valence-electron chi connectivity index (χ2n) is 9.00. The van der Waals surface area contributed by atoms with Crippen LogP contribution in [0.1, 0.15) is 19.4 Å². The molecule has 1 amide bonds. The summed E-state index contributed by atoms with van der Waals surface area (Å²) < 4.78 is 39.1. The number of nitriles is 1. The summed E-state index contributed by atoms with van der Waals surface area (Å²) in [5.41, 5.74) is 1.70. The van der Waals surface area contributed by atoms with E-state index in [1.165, 1.54) is 4.31 Å². The normalized spacial score (nSPS) is 18.1. The lowest BCUT2D eigenvalue weighted by Crippen LogP contribution is -2.46. The largest absolute Gasteiger partial charge is 0.481 e. The van der Waals surface area contributed by atoms with E-state index < -0.39 is 22.0 Å². The standard InChI is InChI=1S/C26H33N5O5S/c1-3-29-10-12-30(13-11-29)25-9-8-23(37(33,34)31-14-16-35-17-15-31)18-24(25)28-26(32)20(2)36-22-6-4-21(19-27)5-7-22/h4-9,18,20H,3,10-17H2,1-2H3,(H,28,32)/t20-/m1/s1. The molecule has 37 heavy (non-hydrogen) atoms. The Hall–Kier alpha value is -3.17. The Balaban J connectivity index is 1.58. The van der Waals surface area contributed by atoms with Crippen molar-refractivity contribution in [1.29, 1.82) is 5.26 Å². The van der Waals surface area contributed by atoms with Crippen molar-refractivity contribution in [3.05, 3.63) is 48.0 Å². The zero-order valence-electron chi connectivity index (χ0n) is 21.2. The number of nitrogens with one attached hydrogen (secondary N) is 1. The zero-order valence-corrected chi connectivity index (χ0v) is 22.0. The molecule has 1 atom stereocenters. The minimum atomic E-state index is -3.74. The van der Waals surface area contributed by atoms with E-state index in [4.69, 9.17) is 14.7 Å². The molecule has 0 saturated carbocycles. The summed E-state index contributed by atoms with van der Waals surface area (Å²) in [4.78, 5) is 17.8. The summed E-state index contributed by atoms with van der Waals surface area (Å²) >= 11 is 0. The van der Waals surface area contributed by atoms with Crippen molar-refractivity contribution in [1.82, 2.24) is 9.21 Å². The number of rotatable bonds is 8. The van der Waals surface area contributed by atoms with Crippen LogP contribution in [0.15, 0.2) is 47.4 Å². The number of anilines is 2. The topological polar surface area (TPSA) is 115 Å². The predicted molar refractivity (Wildman–Crippen MR) is 140 cm³/mol. The maximum absolute atomic E-state index is 13.3. The van der Waals surface area contributed by atoms with E-state index in [1.54, 1.807) is 49.4 Å². The minimum Gasteiger partial charge on any atom is -0.481 e. The van der Waals surface area contributed by atoms with Crippen LogP contribution in [0.4, 0.5) is 11.4 Å². The fraction of sp³-hybridized carbons (Fsp3) is 0.462. The van der Waals surface area contributed by atoms with Crippen LogP contribution in [0.25, 0.3) is 0 Å². The van der Waals surface area contributed by atoms with Crippen LogP contribution in [-0.2, 0) is 19.6 Å². The first-order valence-electron chi connectivity index (χ1n) is 12.5. The summed E-state index contributed by atoms with van der Waals surface area (Å²) in [6.07, 6.45) is -0.850. The fourth-order valence-corrected chi connectivity index (χ4v) is 5.83. The molecule has 0 spiro atoms. The van der Waals surface area contributed by atoms with Crippen molar-refractivity contribution < 1.29 is 22.7 Å². The van der Waals surface area contributed by atoms with Gasteiger partial charge in [-0.05, 0) is 55.9 Å². The van der Waals surface area contributed by atoms with E-state index in [0.717, 1.165) is 38.4 Å². The Morgan fingerprint density at radius 1 is 1.08 bits per heavy atom. The van der Waals surface area contributed by atoms with E-state index in [1.807, 2.05) is 6.07 Å². The molecular weight excluding hydrogens is 494 g/mol. The van der Waals surface area contributed by atoms with Gasteiger partial charge in [0.2, 0.25) is 10.0 Å². The molecule has 2 heterocycles. The maximum Gasteiger partial charge on any atom is 0.265 e. The van der Waals surface area contributed by atoms with E-state index in [0.29, 0.717) is 43.3 Å². The van der Waals surface area contributed by atoms with Crippen molar-refractivity contribution in [3.8, 4) is 11.8 Å². The highest BCUT2D eigenvalue weighted by Crippen LogP contribution is 2.31. The maximum atomic E-state index is 13.3. The number of hydrogen-bond acceptors (Lipinski definition) is 8. The molecule has 11 heteroatoms. The van der Waals surface area contributed by atoms with Gasteiger partial charge in [-0.15, -0.1) is 0 Å². The number of hydrogen-bond donors (Lipinski definition) is 1. The molecule has 2 aromatic carbocycles. The van der Waals surface area contributed by atoms with Crippen LogP contribution < -0.4 is 15.0 Å². The second kappa shape index (κ2) is 11.9. The first-order chi connectivity index (χ1) is 17.8. The third-order valence-electron chi connectivity index (χ3n) is 6.66. The van der Waals surface area contributed by atoms with Gasteiger partial charge in [0, 0.05) is 39.3 Å². The van der Waals surface area contributed by atoms with Crippen LogP contribution >= 0.6 is 0 Å². The molecule has 0 unspecified atom stereocenters. The molecule has 2 fully saturated rings. The Bertz CT molecular complexity index is 1230. The lowest BCUT2D eigenvalue weighted by Gasteiger charge is -2.36. The molecule has 1 N–H and O–H groups in total. The van der Waals surface area contributed by atoms with Crippen LogP contribution in [0, 0.1) is 11.3 Å². The first kappa shape index (κ1) is 26.9. The lowest BCUT2D eigenvalue weighted by molar-refractivity contribution is -0.122. The van der Waals surface area contributed by atoms with Gasteiger partial charge in [0.05, 0.1) is 41.1 Å². The average molecular weight is 528 g/mol. The summed E-state index contributed by atoms with van der Waals surface area (Å²) in [5.74, 6) is 0.0555. The number of likely N-dealkylation sites (N-methyl/N-ethyl adjacent to an activating group) is 1. The van der Waals surface area contributed by atoms with Crippen molar-refractivity contribution >= 4 is 27.3 Å². The number of carbonyl (C=O) groups excluding carboxylic acids is 1. The number of piperazine rings is 1. The van der Waals surface area contributed by atoms with Crippen molar-refractivity contribution in [2.45, 2.75) is 24.8 Å². The third kappa shape index (κ3) is 6.40. The molecule has 0 bridgehead atoms. The predicted octanol–water partition coefficient (Wildman–Crippen LogP) is 2.13. The highest BCUT2D eigenvalue weighted by Gasteiger charge is 2.29. The fourth-order valence-electron chi connectivity index (χ4n) is 4.39. The number of nitrogens with zero attached hydrogens (tertiary/aromatic N) is 4. The second-order valence-corrected chi connectivity index (χ2v) is 10.9. The summed E-state index contributed by atoms with van der Waals surface area (Å²) in [6.45, 7) is 9.32. The Morgan fingerprint density at radius 2 is 1.76 bits per heavy atom. The highest BCUT2D eigenvalue weighted by molar-refractivity contribution is 7.89. The number of benzene rings is 2. The van der Waals surface area contributed by atoms with Gasteiger partial charge in [-0.3, -0.25) is 4.79 Å². The quantitative estimate of drug-likeness (QED) is 0.555. The molecule has 2 aromatic rings. The van der Waals surface area contributed by atoms with Crippen LogP contribution in [0.5, 0.6) is 5.75 Å². The van der Waals surface area contributed by atoms with Crippen molar-refractivity contribution in [2.75, 3.05) is 69.2 Å². The monoisotopic (exact) mass is 527 g/mol. The van der Waals surface area contributed by atoms with Gasteiger partial charge in [0.25, 0.3) is 5.91 Å². The first-order valence-corrected chi connectivity index (χ1v) is 13.9. The summed E-state index contributed by atoms with van der Waals surface area (Å²) in [7, 11) is -3.74. The van der Waals surface area contributed by atoms with Gasteiger partial charge in [-0.25, -0.2) is 8.42 Å². The molecule has 2 aliphatic heterocycles. The smallest absolute Gasteiger partial charge is 0.265 e. The van der Waals surface area contributed by atoms with Gasteiger partial charge in [0.1, 0.15) is 5.75 Å². The van der Waals surface area contributed by atoms with Crippen molar-refractivity contribution in [3.63, 3.8) is 0 Å². The summed E-state index contributed by atoms with van der Waals surface area (Å²) in [6, 6.07) is 13.5. The van der Waals surface area contributed by atoms with E-state index in [-0.39, 0.29) is 4.90 Å². The molecule has 10 nitrogen and oxygen atoms in total. The van der Waals surface area contributed by atoms with E-state index in [9.17, 15) is 13.2 Å². The molecule has 0 aliphatic carbocycles. The van der Waals surface area contributed by atoms with Crippen LogP contribution in [0.3, 0.4) is 0 Å². The number of carbonyl (C=O) groups is 1. The zero-order chi connectivity index (χ0) is 26.4. The number of ether oxygens (including phenoxy) is 2. The van der Waals surface area contributed by atoms with Crippen LogP contribution in [0.2, 0.25) is 0 Å². The van der Waals surface area contributed by atoms with Gasteiger partial charge < -0.3 is 24.6 Å². The molecule has 198 valence electrons. The lowest BCUT2D eigenvalue weighted by atomic mass is 10.2. The van der Waals surface area contributed by atoms with Gasteiger partial charge in [0.15, 0.2) is 6.10 Å². The SMILES string of the molecule is CCN1CCN(c2ccc(S(=O)(=O)N3CCOCC3)cc2NC(=O)[C@@H](C)Oc2ccc(C#N)cc2)CC1. The van der Waals surface area contributed by atoms with Gasteiger partial charge in [-0.1, -0.05) is 6.92 Å². The average Bonchev–Trinajstić information content (AvgIpc) is 2.94. The molecule has 2 aliphatic rings. The summed E-state index contributed by atoms with van der Waals surface area (Å²) in [5, 5.41) is 11.9. The van der Waals surface area contributed by atoms with E-state index >= 15 is 0 Å². The number of morpholine rings is 1. The number of sulfonamides is 1. The molecule has 0 aromatic heterocycles. The Morgan fingerprint density at radius 3 is 2.38 bits per heavy atom. The highest BCUT2D eigenvalue weighted by atomic mass is 32.2. The van der Waals surface area contributed by atoms with E-state index in [2.05, 4.69) is 22.0 Å². The van der Waals surface area contributed by atoms with Gasteiger partial charge >= 0.3 is 0 Å². The van der Waals surface area contributed by atoms with Crippen LogP contribution in [-0.4, -0.2) is 88.7 Å². The molecule has 2 saturated heterocycles. The minimum absolute atomic E-state index is 0.126. The molecule has 0 radical (unpaired) electrons.